The third kappa shape index (κ3) is 3.96. The van der Waals surface area contributed by atoms with Crippen LogP contribution in [0.15, 0.2) is 42.1 Å². The van der Waals surface area contributed by atoms with Crippen molar-refractivity contribution >= 4 is 28.9 Å². The van der Waals surface area contributed by atoms with Crippen molar-refractivity contribution in [1.82, 2.24) is 4.90 Å². The maximum atomic E-state index is 13.6. The molecule has 0 aromatic heterocycles. The number of hydrogen-bond acceptors (Lipinski definition) is 7. The molecule has 1 fully saturated rings. The van der Waals surface area contributed by atoms with Crippen molar-refractivity contribution in [2.75, 3.05) is 32.6 Å². The van der Waals surface area contributed by atoms with Crippen molar-refractivity contribution < 1.29 is 23.8 Å². The molecule has 7 nitrogen and oxygen atoms in total. The van der Waals surface area contributed by atoms with Crippen LogP contribution in [0.3, 0.4) is 0 Å². The second-order valence-corrected chi connectivity index (χ2v) is 9.79. The molecule has 1 spiro atoms. The van der Waals surface area contributed by atoms with Gasteiger partial charge in [0.1, 0.15) is 22.1 Å². The molecule has 8 heteroatoms. The maximum absolute atomic E-state index is 13.6. The molecule has 0 bridgehead atoms. The summed E-state index contributed by atoms with van der Waals surface area (Å²) in [6, 6.07) is 9.78. The van der Waals surface area contributed by atoms with Gasteiger partial charge in [-0.2, -0.15) is 0 Å². The molecular weight excluding hydrogens is 468 g/mol. The molecule has 3 aliphatic rings. The van der Waals surface area contributed by atoms with Gasteiger partial charge >= 0.3 is 0 Å². The van der Waals surface area contributed by atoms with Crippen molar-refractivity contribution in [3.05, 3.63) is 58.3 Å². The molecule has 2 atom stereocenters. The lowest BCUT2D eigenvalue weighted by Gasteiger charge is -2.35. The summed E-state index contributed by atoms with van der Waals surface area (Å²) in [6.45, 7) is 5.03. The third-order valence-electron chi connectivity index (χ3n) is 7.15. The summed E-state index contributed by atoms with van der Waals surface area (Å²) in [5.41, 5.74) is 1.39. The normalized spacial score (nSPS) is 23.8. The van der Waals surface area contributed by atoms with Gasteiger partial charge < -0.3 is 19.5 Å². The van der Waals surface area contributed by atoms with Crippen molar-refractivity contribution in [3.63, 3.8) is 0 Å². The number of nitrogens with zero attached hydrogens (tertiary/aromatic N) is 1. The fourth-order valence-electron chi connectivity index (χ4n) is 5.35. The third-order valence-corrected chi connectivity index (χ3v) is 7.50. The molecule has 1 saturated heterocycles. The van der Waals surface area contributed by atoms with E-state index in [4.69, 9.17) is 25.8 Å². The van der Waals surface area contributed by atoms with E-state index in [9.17, 15) is 9.59 Å². The largest absolute Gasteiger partial charge is 0.496 e. The van der Waals surface area contributed by atoms with Gasteiger partial charge in [-0.05, 0) is 50.0 Å². The Labute approximate surface area is 210 Å². The first-order chi connectivity index (χ1) is 16.9. The van der Waals surface area contributed by atoms with Crippen LogP contribution in [-0.4, -0.2) is 49.4 Å². The molecule has 2 aromatic rings. The number of halogens is 1. The molecular formula is C27H29ClN2O5. The van der Waals surface area contributed by atoms with Crippen molar-refractivity contribution in [1.29, 1.82) is 0 Å². The van der Waals surface area contributed by atoms with Crippen LogP contribution < -0.4 is 19.5 Å². The van der Waals surface area contributed by atoms with E-state index in [2.05, 4.69) is 22.3 Å². The van der Waals surface area contributed by atoms with Gasteiger partial charge in [0, 0.05) is 36.0 Å². The minimum absolute atomic E-state index is 0.132. The van der Waals surface area contributed by atoms with Crippen LogP contribution in [0.2, 0.25) is 5.02 Å². The number of likely N-dealkylation sites (tertiary alicyclic amines) is 1. The number of carbonyl (C=O) groups excluding carboxylic acids is 2. The lowest BCUT2D eigenvalue weighted by molar-refractivity contribution is -0.129. The Morgan fingerprint density at radius 2 is 1.89 bits per heavy atom. The second kappa shape index (κ2) is 9.21. The molecule has 2 aliphatic heterocycles. The van der Waals surface area contributed by atoms with Crippen molar-refractivity contribution in [2.24, 2.45) is 5.92 Å². The Balaban J connectivity index is 1.41. The summed E-state index contributed by atoms with van der Waals surface area (Å²) in [6.07, 6.45) is 4.44. The number of rotatable bonds is 6. The molecule has 184 valence electrons. The topological polar surface area (TPSA) is 77.1 Å². The number of allylic oxidation sites excluding steroid dienone is 1. The highest BCUT2D eigenvalue weighted by Gasteiger charge is 2.60. The minimum Gasteiger partial charge on any atom is -0.496 e. The minimum atomic E-state index is -1.67. The molecule has 1 aliphatic carbocycles. The molecule has 2 aromatic carbocycles. The van der Waals surface area contributed by atoms with E-state index in [-0.39, 0.29) is 22.1 Å². The van der Waals surface area contributed by atoms with Gasteiger partial charge in [-0.25, -0.2) is 0 Å². The van der Waals surface area contributed by atoms with Crippen LogP contribution >= 0.6 is 11.6 Å². The predicted octanol–water partition coefficient (Wildman–Crippen LogP) is 4.87. The highest BCUT2D eigenvalue weighted by molar-refractivity contribution is 6.36. The van der Waals surface area contributed by atoms with Crippen LogP contribution in [0.1, 0.15) is 42.1 Å². The van der Waals surface area contributed by atoms with Crippen LogP contribution in [0, 0.1) is 5.92 Å². The average molecular weight is 497 g/mol. The fourth-order valence-corrected chi connectivity index (χ4v) is 5.61. The van der Waals surface area contributed by atoms with Crippen molar-refractivity contribution in [2.45, 2.75) is 38.3 Å². The van der Waals surface area contributed by atoms with E-state index in [1.807, 2.05) is 19.1 Å². The summed E-state index contributed by atoms with van der Waals surface area (Å²) in [4.78, 5) is 29.6. The SMILES string of the molecule is COc1cc(OC)c2c(c1Cl)OC1(C(=O)C=C(Nc3cccc(CN4CCCC4)c3)CC1C)C2=O. The quantitative estimate of drug-likeness (QED) is 0.571. The van der Waals surface area contributed by atoms with Gasteiger partial charge in [0.05, 0.1) is 14.2 Å². The zero-order chi connectivity index (χ0) is 24.7. The van der Waals surface area contributed by atoms with Gasteiger partial charge in [0.15, 0.2) is 5.75 Å². The summed E-state index contributed by atoms with van der Waals surface area (Å²) in [5.74, 6) is -0.561. The van der Waals surface area contributed by atoms with Gasteiger partial charge in [0.25, 0.3) is 0 Å². The van der Waals surface area contributed by atoms with Gasteiger partial charge in [-0.15, -0.1) is 0 Å². The number of benzene rings is 2. The van der Waals surface area contributed by atoms with E-state index >= 15 is 0 Å². The predicted molar refractivity (Wildman–Crippen MR) is 134 cm³/mol. The van der Waals surface area contributed by atoms with Crippen LogP contribution in [0.25, 0.3) is 0 Å². The Morgan fingerprint density at radius 1 is 1.14 bits per heavy atom. The summed E-state index contributed by atoms with van der Waals surface area (Å²) in [7, 11) is 2.92. The number of anilines is 1. The molecule has 2 unspecified atom stereocenters. The van der Waals surface area contributed by atoms with Crippen molar-refractivity contribution in [3.8, 4) is 17.2 Å². The van der Waals surface area contributed by atoms with Crippen LogP contribution in [0.5, 0.6) is 17.2 Å². The first kappa shape index (κ1) is 23.7. The first-order valence-corrected chi connectivity index (χ1v) is 12.3. The number of ketones is 2. The van der Waals surface area contributed by atoms with E-state index < -0.39 is 23.1 Å². The zero-order valence-electron chi connectivity index (χ0n) is 20.2. The number of carbonyl (C=O) groups is 2. The van der Waals surface area contributed by atoms with Gasteiger partial charge in [-0.3, -0.25) is 14.5 Å². The van der Waals surface area contributed by atoms with E-state index in [0.717, 1.165) is 31.0 Å². The van der Waals surface area contributed by atoms with Gasteiger partial charge in [-0.1, -0.05) is 30.7 Å². The Kier molecular flexibility index (Phi) is 6.23. The number of hydrogen-bond donors (Lipinski definition) is 1. The Hall–Kier alpha value is -3.03. The average Bonchev–Trinajstić information content (AvgIpc) is 3.46. The molecule has 2 heterocycles. The van der Waals surface area contributed by atoms with E-state index in [1.54, 1.807) is 0 Å². The molecule has 35 heavy (non-hydrogen) atoms. The zero-order valence-corrected chi connectivity index (χ0v) is 20.9. The van der Waals surface area contributed by atoms with E-state index in [0.29, 0.717) is 12.2 Å². The summed E-state index contributed by atoms with van der Waals surface area (Å²) < 4.78 is 16.8. The number of Topliss-reactive ketones (excluding diaryl/α,β-unsaturated/α-hetero) is 1. The highest BCUT2D eigenvalue weighted by Crippen LogP contribution is 2.53. The lowest BCUT2D eigenvalue weighted by atomic mass is 9.74. The van der Waals surface area contributed by atoms with Crippen LogP contribution in [0.4, 0.5) is 5.69 Å². The molecule has 0 saturated carbocycles. The maximum Gasteiger partial charge on any atom is 0.236 e. The second-order valence-electron chi connectivity index (χ2n) is 9.41. The molecule has 0 amide bonds. The smallest absolute Gasteiger partial charge is 0.236 e. The molecule has 5 rings (SSSR count). The monoisotopic (exact) mass is 496 g/mol. The van der Waals surface area contributed by atoms with E-state index in [1.165, 1.54) is 44.8 Å². The summed E-state index contributed by atoms with van der Waals surface area (Å²) >= 11 is 6.46. The van der Waals surface area contributed by atoms with Crippen LogP contribution in [-0.2, 0) is 11.3 Å². The fraction of sp³-hybridized carbons (Fsp3) is 0.407. The molecule has 0 radical (unpaired) electrons. The van der Waals surface area contributed by atoms with Gasteiger partial charge in [0.2, 0.25) is 17.2 Å². The molecule has 1 N–H and O–H groups in total. The lowest BCUT2D eigenvalue weighted by Crippen LogP contribution is -2.55. The number of nitrogens with one attached hydrogen (secondary N) is 1. The first-order valence-electron chi connectivity index (χ1n) is 11.9. The highest BCUT2D eigenvalue weighted by atomic mass is 35.5. The Morgan fingerprint density at radius 3 is 2.57 bits per heavy atom. The summed E-state index contributed by atoms with van der Waals surface area (Å²) in [5, 5.41) is 3.53. The standard InChI is InChI=1S/C27H29ClN2O5/c1-16-11-19(29-18-8-6-7-17(12-18)15-30-9-4-5-10-30)13-22(31)27(16)26(32)23-20(33-2)14-21(34-3)24(28)25(23)35-27/h6-8,12-14,16,29H,4-5,9-11,15H2,1-3H3. The number of ether oxygens (including phenoxy) is 3. The Bertz CT molecular complexity index is 1220. The number of fused-ring (bicyclic) bond motifs is 1. The number of methoxy groups -OCH3 is 2.